The summed E-state index contributed by atoms with van der Waals surface area (Å²) in [5.41, 5.74) is 1.77. The first-order valence-corrected chi connectivity index (χ1v) is 11.2. The SMILES string of the molecule is CCN(CC)c1ccc(NC(=O)OC(CS(=O)(=O)c2ccccn2)C(F)(F)F)c(C)c1. The Balaban J connectivity index is 2.15. The zero-order valence-electron chi connectivity index (χ0n) is 17.3. The third kappa shape index (κ3) is 6.58. The fourth-order valence-corrected chi connectivity index (χ4v) is 4.19. The number of nitrogens with zero attached hydrogens (tertiary/aromatic N) is 2. The van der Waals surface area contributed by atoms with Gasteiger partial charge in [-0.05, 0) is 56.7 Å². The molecule has 0 saturated carbocycles. The predicted octanol–water partition coefficient (Wildman–Crippen LogP) is 4.19. The Morgan fingerprint density at radius 1 is 1.19 bits per heavy atom. The first kappa shape index (κ1) is 24.4. The number of alkyl halides is 3. The number of amides is 1. The molecule has 0 aliphatic heterocycles. The van der Waals surface area contributed by atoms with Gasteiger partial charge in [0.25, 0.3) is 0 Å². The number of ether oxygens (including phenoxy) is 1. The Bertz CT molecular complexity index is 994. The fraction of sp³-hybridized carbons (Fsp3) is 0.400. The summed E-state index contributed by atoms with van der Waals surface area (Å²) in [7, 11) is -4.43. The summed E-state index contributed by atoms with van der Waals surface area (Å²) in [4.78, 5) is 17.8. The van der Waals surface area contributed by atoms with Crippen LogP contribution in [0, 0.1) is 6.92 Å². The number of aryl methyl sites for hydroxylation is 1. The molecule has 1 amide bonds. The van der Waals surface area contributed by atoms with Crippen molar-refractivity contribution < 1.29 is 31.1 Å². The molecule has 0 spiro atoms. The van der Waals surface area contributed by atoms with E-state index < -0.39 is 39.0 Å². The Morgan fingerprint density at radius 2 is 1.87 bits per heavy atom. The molecule has 0 fully saturated rings. The second-order valence-electron chi connectivity index (χ2n) is 6.68. The summed E-state index contributed by atoms with van der Waals surface area (Å²) in [5.74, 6) is -1.47. The fourth-order valence-electron chi connectivity index (χ4n) is 2.85. The lowest BCUT2D eigenvalue weighted by Gasteiger charge is -2.23. The van der Waals surface area contributed by atoms with Gasteiger partial charge in [-0.2, -0.15) is 13.2 Å². The molecule has 2 aromatic rings. The van der Waals surface area contributed by atoms with Crippen LogP contribution in [-0.4, -0.2) is 50.6 Å². The van der Waals surface area contributed by atoms with Gasteiger partial charge < -0.3 is 9.64 Å². The Labute approximate surface area is 179 Å². The van der Waals surface area contributed by atoms with Crippen molar-refractivity contribution in [1.82, 2.24) is 4.98 Å². The van der Waals surface area contributed by atoms with Gasteiger partial charge >= 0.3 is 12.3 Å². The molecule has 0 aliphatic rings. The van der Waals surface area contributed by atoms with Gasteiger partial charge in [0, 0.05) is 30.7 Å². The maximum absolute atomic E-state index is 13.4. The number of hydrogen-bond donors (Lipinski definition) is 1. The number of carbonyl (C=O) groups excluding carboxylic acids is 1. The van der Waals surface area contributed by atoms with Crippen LogP contribution in [0.15, 0.2) is 47.6 Å². The van der Waals surface area contributed by atoms with E-state index in [0.717, 1.165) is 31.0 Å². The summed E-state index contributed by atoms with van der Waals surface area (Å²) in [6, 6.07) is 8.90. The maximum atomic E-state index is 13.4. The quantitative estimate of drug-likeness (QED) is 0.637. The molecule has 0 saturated heterocycles. The van der Waals surface area contributed by atoms with Crippen molar-refractivity contribution >= 4 is 27.3 Å². The van der Waals surface area contributed by atoms with Crippen LogP contribution in [0.2, 0.25) is 0 Å². The molecule has 31 heavy (non-hydrogen) atoms. The lowest BCUT2D eigenvalue weighted by Crippen LogP contribution is -2.40. The second kappa shape index (κ2) is 9.99. The minimum absolute atomic E-state index is 0.259. The van der Waals surface area contributed by atoms with Crippen molar-refractivity contribution in [2.24, 2.45) is 0 Å². The van der Waals surface area contributed by atoms with Gasteiger partial charge in [-0.1, -0.05) is 6.07 Å². The van der Waals surface area contributed by atoms with Gasteiger partial charge in [0.2, 0.25) is 6.10 Å². The number of halogens is 3. The summed E-state index contributed by atoms with van der Waals surface area (Å²) in [6.07, 6.45) is -8.19. The summed E-state index contributed by atoms with van der Waals surface area (Å²) >= 11 is 0. The Morgan fingerprint density at radius 3 is 2.39 bits per heavy atom. The number of nitrogens with one attached hydrogen (secondary N) is 1. The average Bonchev–Trinajstić information content (AvgIpc) is 2.70. The highest BCUT2D eigenvalue weighted by Gasteiger charge is 2.46. The van der Waals surface area contributed by atoms with Crippen LogP contribution in [0.4, 0.5) is 29.3 Å². The number of rotatable bonds is 8. The molecular formula is C20H24F3N3O4S. The number of benzene rings is 1. The summed E-state index contributed by atoms with van der Waals surface area (Å²) in [6.45, 7) is 7.19. The van der Waals surface area contributed by atoms with Crippen LogP contribution in [0.5, 0.6) is 0 Å². The Kier molecular flexibility index (Phi) is 7.88. The highest BCUT2D eigenvalue weighted by molar-refractivity contribution is 7.91. The molecular weight excluding hydrogens is 435 g/mol. The molecule has 0 aliphatic carbocycles. The van der Waals surface area contributed by atoms with Crippen LogP contribution in [0.3, 0.4) is 0 Å². The summed E-state index contributed by atoms with van der Waals surface area (Å²) < 4.78 is 69.1. The van der Waals surface area contributed by atoms with Crippen LogP contribution >= 0.6 is 0 Å². The third-order valence-electron chi connectivity index (χ3n) is 4.52. The molecule has 1 atom stereocenters. The van der Waals surface area contributed by atoms with E-state index in [1.807, 2.05) is 13.8 Å². The molecule has 0 bridgehead atoms. The van der Waals surface area contributed by atoms with E-state index in [1.165, 1.54) is 12.1 Å². The van der Waals surface area contributed by atoms with E-state index in [1.54, 1.807) is 25.1 Å². The highest BCUT2D eigenvalue weighted by atomic mass is 32.2. The predicted molar refractivity (Wildman–Crippen MR) is 111 cm³/mol. The molecule has 1 heterocycles. The summed E-state index contributed by atoms with van der Waals surface area (Å²) in [5, 5.41) is 1.72. The molecule has 2 rings (SSSR count). The van der Waals surface area contributed by atoms with Crippen molar-refractivity contribution in [1.29, 1.82) is 0 Å². The first-order valence-electron chi connectivity index (χ1n) is 9.51. The van der Waals surface area contributed by atoms with Crippen LogP contribution in [0.25, 0.3) is 0 Å². The smallest absolute Gasteiger partial charge is 0.426 e. The standard InChI is InChI=1S/C20H24F3N3O4S/c1-4-26(5-2)15-9-10-16(14(3)12-15)25-19(27)30-17(20(21,22)23)13-31(28,29)18-8-6-7-11-24-18/h6-12,17H,4-5,13H2,1-3H3,(H,25,27). The van der Waals surface area contributed by atoms with E-state index in [2.05, 4.69) is 19.9 Å². The molecule has 11 heteroatoms. The number of hydrogen-bond acceptors (Lipinski definition) is 6. The minimum Gasteiger partial charge on any atom is -0.435 e. The molecule has 1 N–H and O–H groups in total. The van der Waals surface area contributed by atoms with Crippen molar-refractivity contribution in [2.45, 2.75) is 38.1 Å². The lowest BCUT2D eigenvalue weighted by molar-refractivity contribution is -0.195. The first-order chi connectivity index (χ1) is 14.5. The van der Waals surface area contributed by atoms with Crippen LogP contribution < -0.4 is 10.2 Å². The van der Waals surface area contributed by atoms with E-state index >= 15 is 0 Å². The van der Waals surface area contributed by atoms with Crippen molar-refractivity contribution in [3.05, 3.63) is 48.2 Å². The Hall–Kier alpha value is -2.82. The largest absolute Gasteiger partial charge is 0.435 e. The van der Waals surface area contributed by atoms with E-state index in [0.29, 0.717) is 5.56 Å². The molecule has 1 aromatic carbocycles. The number of anilines is 2. The minimum atomic E-state index is -5.08. The second-order valence-corrected chi connectivity index (χ2v) is 8.66. The topological polar surface area (TPSA) is 88.6 Å². The molecule has 170 valence electrons. The van der Waals surface area contributed by atoms with Crippen LogP contribution in [0.1, 0.15) is 19.4 Å². The number of aromatic nitrogens is 1. The van der Waals surface area contributed by atoms with Gasteiger partial charge in [0.15, 0.2) is 14.9 Å². The van der Waals surface area contributed by atoms with Gasteiger partial charge in [-0.3, -0.25) is 5.32 Å². The normalized spacial score (nSPS) is 12.8. The molecule has 0 radical (unpaired) electrons. The average molecular weight is 459 g/mol. The van der Waals surface area contributed by atoms with Gasteiger partial charge in [0.05, 0.1) is 0 Å². The maximum Gasteiger partial charge on any atom is 0.426 e. The number of sulfone groups is 1. The zero-order chi connectivity index (χ0) is 23.2. The molecule has 1 unspecified atom stereocenters. The van der Waals surface area contributed by atoms with Gasteiger partial charge in [-0.15, -0.1) is 0 Å². The molecule has 7 nitrogen and oxygen atoms in total. The monoisotopic (exact) mass is 459 g/mol. The lowest BCUT2D eigenvalue weighted by atomic mass is 10.1. The van der Waals surface area contributed by atoms with Crippen LogP contribution in [-0.2, 0) is 14.6 Å². The zero-order valence-corrected chi connectivity index (χ0v) is 18.1. The van der Waals surface area contributed by atoms with Crippen molar-refractivity contribution in [3.8, 4) is 0 Å². The van der Waals surface area contributed by atoms with E-state index in [-0.39, 0.29) is 5.69 Å². The van der Waals surface area contributed by atoms with Crippen molar-refractivity contribution in [3.63, 3.8) is 0 Å². The molecule has 1 aromatic heterocycles. The number of pyridine rings is 1. The van der Waals surface area contributed by atoms with E-state index in [4.69, 9.17) is 0 Å². The van der Waals surface area contributed by atoms with Gasteiger partial charge in [-0.25, -0.2) is 18.2 Å². The van der Waals surface area contributed by atoms with Crippen molar-refractivity contribution in [2.75, 3.05) is 29.1 Å². The highest BCUT2D eigenvalue weighted by Crippen LogP contribution is 2.27. The van der Waals surface area contributed by atoms with E-state index in [9.17, 15) is 26.4 Å². The third-order valence-corrected chi connectivity index (χ3v) is 6.14. The van der Waals surface area contributed by atoms with Gasteiger partial charge in [0.1, 0.15) is 5.75 Å². The number of carbonyl (C=O) groups is 1.